The maximum absolute atomic E-state index is 12.4. The second-order valence-corrected chi connectivity index (χ2v) is 8.27. The number of nitrogens with one attached hydrogen (secondary N) is 3. The second kappa shape index (κ2) is 7.81. The van der Waals surface area contributed by atoms with Gasteiger partial charge in [-0.15, -0.1) is 0 Å². The average Bonchev–Trinajstić information content (AvgIpc) is 3.57. The van der Waals surface area contributed by atoms with Crippen molar-refractivity contribution in [1.29, 1.82) is 0 Å². The molecule has 1 aromatic rings. The van der Waals surface area contributed by atoms with E-state index in [9.17, 15) is 14.4 Å². The highest BCUT2D eigenvalue weighted by molar-refractivity contribution is 5.96. The third kappa shape index (κ3) is 4.64. The summed E-state index contributed by atoms with van der Waals surface area (Å²) in [6.07, 6.45) is 5.52. The van der Waals surface area contributed by atoms with Crippen molar-refractivity contribution in [3.63, 3.8) is 0 Å². The molecule has 150 valence electrons. The van der Waals surface area contributed by atoms with E-state index in [1.807, 2.05) is 24.0 Å². The summed E-state index contributed by atoms with van der Waals surface area (Å²) in [5.74, 6) is 0.720. The van der Waals surface area contributed by atoms with Gasteiger partial charge in [-0.05, 0) is 63.1 Å². The van der Waals surface area contributed by atoms with Crippen LogP contribution in [0.25, 0.3) is 0 Å². The molecular weight excluding hydrogens is 356 g/mol. The molecule has 4 rings (SSSR count). The molecule has 4 amide bonds. The molecule has 2 aliphatic carbocycles. The number of nitrogens with zero attached hydrogens (tertiary/aromatic N) is 1. The molecule has 3 fully saturated rings. The van der Waals surface area contributed by atoms with Gasteiger partial charge in [0.25, 0.3) is 0 Å². The summed E-state index contributed by atoms with van der Waals surface area (Å²) >= 11 is 0. The number of carbonyl (C=O) groups excluding carboxylic acids is 3. The zero-order valence-electron chi connectivity index (χ0n) is 16.3. The van der Waals surface area contributed by atoms with Gasteiger partial charge in [-0.25, -0.2) is 4.79 Å². The molecule has 28 heavy (non-hydrogen) atoms. The Labute approximate surface area is 165 Å². The number of likely N-dealkylation sites (tertiary alicyclic amines) is 1. The Kier molecular flexibility index (Phi) is 5.24. The van der Waals surface area contributed by atoms with Gasteiger partial charge in [-0.2, -0.15) is 0 Å². The van der Waals surface area contributed by atoms with Gasteiger partial charge in [0.05, 0.1) is 0 Å². The average molecular weight is 384 g/mol. The van der Waals surface area contributed by atoms with Gasteiger partial charge in [0.15, 0.2) is 0 Å². The van der Waals surface area contributed by atoms with E-state index in [0.717, 1.165) is 44.1 Å². The van der Waals surface area contributed by atoms with Crippen LogP contribution in [0.1, 0.15) is 44.1 Å². The van der Waals surface area contributed by atoms with Crippen molar-refractivity contribution < 1.29 is 14.4 Å². The lowest BCUT2D eigenvalue weighted by molar-refractivity contribution is -0.133. The van der Waals surface area contributed by atoms with Crippen LogP contribution in [0.3, 0.4) is 0 Å². The lowest BCUT2D eigenvalue weighted by atomic mass is 10.0. The van der Waals surface area contributed by atoms with Crippen LogP contribution in [0.4, 0.5) is 16.2 Å². The van der Waals surface area contributed by atoms with Crippen LogP contribution in [-0.4, -0.2) is 41.9 Å². The van der Waals surface area contributed by atoms with Crippen LogP contribution in [0.15, 0.2) is 18.2 Å². The number of anilines is 2. The van der Waals surface area contributed by atoms with Gasteiger partial charge < -0.3 is 20.9 Å². The summed E-state index contributed by atoms with van der Waals surface area (Å²) in [6.45, 7) is 3.34. The zero-order chi connectivity index (χ0) is 19.7. The summed E-state index contributed by atoms with van der Waals surface area (Å²) in [7, 11) is 0. The third-order valence-electron chi connectivity index (χ3n) is 5.77. The molecule has 0 spiro atoms. The summed E-state index contributed by atoms with van der Waals surface area (Å²) in [6, 6.07) is 5.36. The summed E-state index contributed by atoms with van der Waals surface area (Å²) < 4.78 is 0. The molecule has 2 saturated carbocycles. The first kappa shape index (κ1) is 18.8. The van der Waals surface area contributed by atoms with E-state index >= 15 is 0 Å². The minimum atomic E-state index is -0.249. The molecule has 0 aromatic heterocycles. The third-order valence-corrected chi connectivity index (χ3v) is 5.77. The van der Waals surface area contributed by atoms with Crippen molar-refractivity contribution in [3.05, 3.63) is 23.8 Å². The molecule has 7 nitrogen and oxygen atoms in total. The van der Waals surface area contributed by atoms with E-state index in [4.69, 9.17) is 0 Å². The van der Waals surface area contributed by atoms with Crippen LogP contribution in [-0.2, 0) is 9.59 Å². The normalized spacial score (nSPS) is 19.8. The summed E-state index contributed by atoms with van der Waals surface area (Å²) in [5, 5.41) is 8.82. The van der Waals surface area contributed by atoms with Gasteiger partial charge in [-0.1, -0.05) is 6.07 Å². The summed E-state index contributed by atoms with van der Waals surface area (Å²) in [5.41, 5.74) is 2.32. The van der Waals surface area contributed by atoms with Crippen LogP contribution < -0.4 is 16.0 Å². The topological polar surface area (TPSA) is 90.5 Å². The lowest BCUT2D eigenvalue weighted by Gasteiger charge is -2.32. The number of hydrogen-bond donors (Lipinski definition) is 3. The summed E-state index contributed by atoms with van der Waals surface area (Å²) in [4.78, 5) is 38.4. The zero-order valence-corrected chi connectivity index (χ0v) is 16.3. The van der Waals surface area contributed by atoms with Crippen molar-refractivity contribution in [2.24, 2.45) is 11.8 Å². The molecule has 1 heterocycles. The van der Waals surface area contributed by atoms with E-state index in [1.165, 1.54) is 0 Å². The molecule has 0 atom stereocenters. The number of hydrogen-bond acceptors (Lipinski definition) is 3. The molecule has 7 heteroatoms. The van der Waals surface area contributed by atoms with Gasteiger partial charge in [-0.3, -0.25) is 9.59 Å². The molecule has 0 radical (unpaired) electrons. The first-order valence-electron chi connectivity index (χ1n) is 10.3. The Balaban J connectivity index is 1.27. The van der Waals surface area contributed by atoms with Gasteiger partial charge in [0.1, 0.15) is 0 Å². The highest BCUT2D eigenvalue weighted by atomic mass is 16.2. The highest BCUT2D eigenvalue weighted by Gasteiger charge is 2.35. The number of carbonyl (C=O) groups is 3. The fourth-order valence-electron chi connectivity index (χ4n) is 3.60. The SMILES string of the molecule is Cc1ccc(NC(=O)C2CC2)cc1NC(=O)NC1CCN(C(=O)C2CC2)CC1. The van der Waals surface area contributed by atoms with Crippen molar-refractivity contribution in [1.82, 2.24) is 10.2 Å². The molecule has 1 aromatic carbocycles. The van der Waals surface area contributed by atoms with E-state index in [0.29, 0.717) is 24.5 Å². The van der Waals surface area contributed by atoms with Crippen LogP contribution in [0.2, 0.25) is 0 Å². The Bertz CT molecular complexity index is 778. The number of amides is 4. The lowest BCUT2D eigenvalue weighted by Crippen LogP contribution is -2.48. The molecule has 1 aliphatic heterocycles. The van der Waals surface area contributed by atoms with Gasteiger partial charge >= 0.3 is 6.03 Å². The first-order valence-corrected chi connectivity index (χ1v) is 10.3. The molecule has 1 saturated heterocycles. The molecular formula is C21H28N4O3. The van der Waals surface area contributed by atoms with Crippen LogP contribution >= 0.6 is 0 Å². The Hall–Kier alpha value is -2.57. The Morgan fingerprint density at radius 1 is 0.929 bits per heavy atom. The maximum Gasteiger partial charge on any atom is 0.319 e. The number of benzene rings is 1. The maximum atomic E-state index is 12.4. The smallest absolute Gasteiger partial charge is 0.319 e. The minimum Gasteiger partial charge on any atom is -0.342 e. The largest absolute Gasteiger partial charge is 0.342 e. The van der Waals surface area contributed by atoms with Crippen molar-refractivity contribution >= 4 is 29.2 Å². The van der Waals surface area contributed by atoms with Crippen LogP contribution in [0, 0.1) is 18.8 Å². The molecule has 0 bridgehead atoms. The van der Waals surface area contributed by atoms with Crippen molar-refractivity contribution in [2.45, 2.75) is 51.5 Å². The van der Waals surface area contributed by atoms with Crippen LogP contribution in [0.5, 0.6) is 0 Å². The number of aryl methyl sites for hydroxylation is 1. The van der Waals surface area contributed by atoms with Gasteiger partial charge in [0, 0.05) is 42.3 Å². The predicted octanol–water partition coefficient (Wildman–Crippen LogP) is 2.87. The highest BCUT2D eigenvalue weighted by Crippen LogP contribution is 2.32. The molecule has 3 N–H and O–H groups in total. The predicted molar refractivity (Wildman–Crippen MR) is 107 cm³/mol. The first-order chi connectivity index (χ1) is 13.5. The monoisotopic (exact) mass is 384 g/mol. The van der Waals surface area contributed by atoms with E-state index in [1.54, 1.807) is 6.07 Å². The van der Waals surface area contributed by atoms with E-state index in [-0.39, 0.29) is 35.7 Å². The number of piperidine rings is 1. The molecule has 0 unspecified atom stereocenters. The van der Waals surface area contributed by atoms with Crippen molar-refractivity contribution in [3.8, 4) is 0 Å². The van der Waals surface area contributed by atoms with E-state index < -0.39 is 0 Å². The number of urea groups is 1. The Morgan fingerprint density at radius 3 is 2.25 bits per heavy atom. The fourth-order valence-corrected chi connectivity index (χ4v) is 3.60. The van der Waals surface area contributed by atoms with Crippen molar-refractivity contribution in [2.75, 3.05) is 23.7 Å². The Morgan fingerprint density at radius 2 is 1.61 bits per heavy atom. The minimum absolute atomic E-state index is 0.0479. The standard InChI is InChI=1S/C21H28N4O3/c1-13-2-7-17(22-19(26)14-3-4-14)12-18(13)24-21(28)23-16-8-10-25(11-9-16)20(27)15-5-6-15/h2,7,12,14-16H,3-6,8-11H2,1H3,(H,22,26)(H2,23,24,28). The molecule has 3 aliphatic rings. The number of rotatable bonds is 5. The quantitative estimate of drug-likeness (QED) is 0.729. The fraction of sp³-hybridized carbons (Fsp3) is 0.571. The van der Waals surface area contributed by atoms with E-state index in [2.05, 4.69) is 16.0 Å². The second-order valence-electron chi connectivity index (χ2n) is 8.27. The van der Waals surface area contributed by atoms with Gasteiger partial charge in [0.2, 0.25) is 11.8 Å².